The quantitative estimate of drug-likeness (QED) is 0.607. The first kappa shape index (κ1) is 22.0. The van der Waals surface area contributed by atoms with Crippen LogP contribution in [0.3, 0.4) is 0 Å². The van der Waals surface area contributed by atoms with Crippen LogP contribution >= 0.6 is 0 Å². The van der Waals surface area contributed by atoms with Gasteiger partial charge in [0.2, 0.25) is 0 Å². The number of allylic oxidation sites excluding steroid dienone is 1. The predicted octanol–water partition coefficient (Wildman–Crippen LogP) is 6.25. The molecule has 0 saturated carbocycles. The minimum atomic E-state index is 0.298. The van der Waals surface area contributed by atoms with E-state index in [-0.39, 0.29) is 0 Å². The minimum absolute atomic E-state index is 0.298. The molecule has 0 aromatic heterocycles. The number of rotatable bonds is 4. The third-order valence-corrected chi connectivity index (χ3v) is 8.13. The molecule has 172 valence electrons. The molecular weight excluding hydrogens is 402 g/mol. The normalized spacial score (nSPS) is 21.9. The van der Waals surface area contributed by atoms with E-state index in [1.807, 2.05) is 0 Å². The highest BCUT2D eigenvalue weighted by atomic mass is 15.2. The Kier molecular flexibility index (Phi) is 5.92. The summed E-state index contributed by atoms with van der Waals surface area (Å²) in [7, 11) is 0. The van der Waals surface area contributed by atoms with E-state index >= 15 is 0 Å². The van der Waals surface area contributed by atoms with Gasteiger partial charge in [0.1, 0.15) is 0 Å². The lowest BCUT2D eigenvalue weighted by atomic mass is 9.87. The lowest BCUT2D eigenvalue weighted by molar-refractivity contribution is 0.204. The van der Waals surface area contributed by atoms with E-state index in [0.29, 0.717) is 12.0 Å². The first-order valence-corrected chi connectivity index (χ1v) is 12.4. The van der Waals surface area contributed by atoms with Gasteiger partial charge in [0.25, 0.3) is 0 Å². The Morgan fingerprint density at radius 2 is 1.79 bits per heavy atom. The van der Waals surface area contributed by atoms with Gasteiger partial charge in [-0.1, -0.05) is 56.1 Å². The molecule has 3 aliphatic rings. The van der Waals surface area contributed by atoms with Crippen LogP contribution in [0.15, 0.2) is 67.5 Å². The number of hydrogen-bond acceptors (Lipinski definition) is 3. The number of fused-ring (bicyclic) bond motifs is 1. The van der Waals surface area contributed by atoms with Crippen molar-refractivity contribution in [1.29, 1.82) is 0 Å². The topological polar surface area (TPSA) is 18.5 Å². The molecule has 1 unspecified atom stereocenters. The van der Waals surface area contributed by atoms with Crippen LogP contribution in [0.5, 0.6) is 0 Å². The largest absolute Gasteiger partial charge is 0.362 e. The Bertz CT molecular complexity index is 1100. The van der Waals surface area contributed by atoms with Crippen LogP contribution in [0.25, 0.3) is 5.70 Å². The number of hydrogen-bond donors (Lipinski definition) is 1. The summed E-state index contributed by atoms with van der Waals surface area (Å²) < 4.78 is 0. The zero-order valence-electron chi connectivity index (χ0n) is 20.3. The van der Waals surface area contributed by atoms with E-state index in [1.165, 1.54) is 59.3 Å². The molecule has 0 amide bonds. The van der Waals surface area contributed by atoms with E-state index in [2.05, 4.69) is 85.1 Å². The van der Waals surface area contributed by atoms with Gasteiger partial charge in [0.05, 0.1) is 6.04 Å². The van der Waals surface area contributed by atoms with Crippen LogP contribution in [-0.2, 0) is 13.1 Å². The van der Waals surface area contributed by atoms with Crippen molar-refractivity contribution in [3.8, 4) is 0 Å². The minimum Gasteiger partial charge on any atom is -0.362 e. The lowest BCUT2D eigenvalue weighted by Gasteiger charge is -2.36. The van der Waals surface area contributed by atoms with Crippen molar-refractivity contribution in [1.82, 2.24) is 15.1 Å². The van der Waals surface area contributed by atoms with E-state index in [4.69, 9.17) is 0 Å². The van der Waals surface area contributed by atoms with Crippen molar-refractivity contribution in [2.24, 2.45) is 0 Å². The average molecular weight is 440 g/mol. The zero-order chi connectivity index (χ0) is 23.1. The van der Waals surface area contributed by atoms with Crippen molar-refractivity contribution in [3.63, 3.8) is 0 Å². The van der Waals surface area contributed by atoms with E-state index in [0.717, 1.165) is 43.0 Å². The zero-order valence-corrected chi connectivity index (χ0v) is 20.3. The second-order valence-electron chi connectivity index (χ2n) is 10.2. The van der Waals surface area contributed by atoms with Gasteiger partial charge in [0.15, 0.2) is 0 Å². The third kappa shape index (κ3) is 4.27. The first-order chi connectivity index (χ1) is 15.9. The van der Waals surface area contributed by atoms with Crippen molar-refractivity contribution in [2.45, 2.75) is 64.6 Å². The van der Waals surface area contributed by atoms with Gasteiger partial charge in [-0.15, -0.1) is 0 Å². The van der Waals surface area contributed by atoms with Crippen LogP contribution in [0.4, 0.5) is 0 Å². The molecule has 2 aromatic carbocycles. The van der Waals surface area contributed by atoms with Crippen molar-refractivity contribution >= 4 is 5.70 Å². The van der Waals surface area contributed by atoms with Crippen molar-refractivity contribution < 1.29 is 0 Å². The Morgan fingerprint density at radius 1 is 1.00 bits per heavy atom. The summed E-state index contributed by atoms with van der Waals surface area (Å²) in [5.41, 5.74) is 11.8. The Balaban J connectivity index is 1.23. The highest BCUT2D eigenvalue weighted by Gasteiger charge is 2.32. The molecule has 0 bridgehead atoms. The fraction of sp³-hybridized carbons (Fsp3) is 0.400. The van der Waals surface area contributed by atoms with Crippen molar-refractivity contribution in [3.05, 3.63) is 101 Å². The van der Waals surface area contributed by atoms with Gasteiger partial charge < -0.3 is 10.2 Å². The van der Waals surface area contributed by atoms with Crippen LogP contribution < -0.4 is 5.32 Å². The van der Waals surface area contributed by atoms with Crippen LogP contribution in [0.1, 0.15) is 65.0 Å². The molecule has 0 aliphatic carbocycles. The van der Waals surface area contributed by atoms with Crippen LogP contribution in [0, 0.1) is 13.8 Å². The Morgan fingerprint density at radius 3 is 2.55 bits per heavy atom. The van der Waals surface area contributed by atoms with Gasteiger partial charge in [-0.3, -0.25) is 4.90 Å². The third-order valence-electron chi connectivity index (χ3n) is 8.13. The van der Waals surface area contributed by atoms with E-state index in [1.54, 1.807) is 0 Å². The van der Waals surface area contributed by atoms with Gasteiger partial charge in [-0.25, -0.2) is 0 Å². The molecule has 3 nitrogen and oxygen atoms in total. The smallest absolute Gasteiger partial charge is 0.0693 e. The van der Waals surface area contributed by atoms with Gasteiger partial charge in [-0.05, 0) is 86.4 Å². The highest BCUT2D eigenvalue weighted by molar-refractivity contribution is 5.70. The predicted molar refractivity (Wildman–Crippen MR) is 139 cm³/mol. The number of nitrogens with zero attached hydrogens (tertiary/aromatic N) is 2. The van der Waals surface area contributed by atoms with Gasteiger partial charge in [0, 0.05) is 35.7 Å². The van der Waals surface area contributed by atoms with E-state index in [9.17, 15) is 0 Å². The molecule has 2 aromatic rings. The monoisotopic (exact) mass is 439 g/mol. The SMILES string of the molecule is C=C1CCC(N2Cc3cc(C4CCN(Cc5cccc(C)c5C)CC4)ccc3C2=C)C(=C)N1. The Labute approximate surface area is 199 Å². The number of aryl methyl sites for hydroxylation is 1. The van der Waals surface area contributed by atoms with Crippen LogP contribution in [0.2, 0.25) is 0 Å². The molecule has 1 atom stereocenters. The fourth-order valence-electron chi connectivity index (χ4n) is 5.86. The van der Waals surface area contributed by atoms with Crippen LogP contribution in [-0.4, -0.2) is 28.9 Å². The van der Waals surface area contributed by atoms with E-state index < -0.39 is 0 Å². The molecule has 33 heavy (non-hydrogen) atoms. The molecule has 3 aliphatic heterocycles. The molecule has 2 saturated heterocycles. The molecule has 0 radical (unpaired) electrons. The number of nitrogens with one attached hydrogen (secondary N) is 1. The molecule has 2 fully saturated rings. The molecule has 5 rings (SSSR count). The summed E-state index contributed by atoms with van der Waals surface area (Å²) in [6.45, 7) is 21.6. The number of benzene rings is 2. The number of piperidine rings is 2. The molecule has 3 heteroatoms. The van der Waals surface area contributed by atoms with Gasteiger partial charge in [-0.2, -0.15) is 0 Å². The maximum Gasteiger partial charge on any atom is 0.0693 e. The Hall–Kier alpha value is -2.78. The maximum absolute atomic E-state index is 4.44. The molecular formula is C30H37N3. The standard InChI is InChI=1S/C30H37N3/c1-20-7-6-8-27(22(20)3)18-32-15-13-25(14-16-32)26-10-11-29-24(5)33(19-28(29)17-26)30-12-9-21(2)31-23(30)4/h6-8,10-11,17,25,30-31H,2,4-5,9,12-16,18-19H2,1,3H3. The van der Waals surface area contributed by atoms with Gasteiger partial charge >= 0.3 is 0 Å². The maximum atomic E-state index is 4.44. The second-order valence-corrected chi connectivity index (χ2v) is 10.2. The van der Waals surface area contributed by atoms with Crippen molar-refractivity contribution in [2.75, 3.05) is 13.1 Å². The summed E-state index contributed by atoms with van der Waals surface area (Å²) in [5.74, 6) is 0.655. The fourth-order valence-corrected chi connectivity index (χ4v) is 5.86. The number of likely N-dealkylation sites (tertiary alicyclic amines) is 1. The average Bonchev–Trinajstić information content (AvgIpc) is 3.13. The second kappa shape index (κ2) is 8.87. The molecule has 0 spiro atoms. The first-order valence-electron chi connectivity index (χ1n) is 12.4. The summed E-state index contributed by atoms with van der Waals surface area (Å²) in [4.78, 5) is 5.06. The molecule has 3 heterocycles. The lowest BCUT2D eigenvalue weighted by Crippen LogP contribution is -2.39. The summed E-state index contributed by atoms with van der Waals surface area (Å²) >= 11 is 0. The summed E-state index contributed by atoms with van der Waals surface area (Å²) in [6, 6.07) is 14.1. The highest BCUT2D eigenvalue weighted by Crippen LogP contribution is 2.39. The summed E-state index contributed by atoms with van der Waals surface area (Å²) in [5, 5.41) is 3.37. The summed E-state index contributed by atoms with van der Waals surface area (Å²) in [6.07, 6.45) is 4.53. The molecule has 1 N–H and O–H groups in total.